The van der Waals surface area contributed by atoms with E-state index >= 15 is 0 Å². The van der Waals surface area contributed by atoms with Gasteiger partial charge >= 0.3 is 0 Å². The number of methoxy groups -OCH3 is 1. The molecule has 1 unspecified atom stereocenters. The average Bonchev–Trinajstić information content (AvgIpc) is 2.88. The number of pyridine rings is 1. The Kier molecular flexibility index (Phi) is 10.9. The third kappa shape index (κ3) is 8.49. The summed E-state index contributed by atoms with van der Waals surface area (Å²) in [5.74, 6) is 1.34. The van der Waals surface area contributed by atoms with Gasteiger partial charge in [-0.15, -0.1) is 0 Å². The molecule has 34 heavy (non-hydrogen) atoms. The van der Waals surface area contributed by atoms with Gasteiger partial charge < -0.3 is 9.47 Å². The third-order valence-electron chi connectivity index (χ3n) is 5.74. The number of ether oxygens (including phenoxy) is 2. The predicted molar refractivity (Wildman–Crippen MR) is 135 cm³/mol. The third-order valence-corrected chi connectivity index (χ3v) is 5.74. The molecule has 0 radical (unpaired) electrons. The van der Waals surface area contributed by atoms with Crippen molar-refractivity contribution in [1.29, 1.82) is 0 Å². The van der Waals surface area contributed by atoms with Gasteiger partial charge in [0, 0.05) is 43.4 Å². The first-order valence-corrected chi connectivity index (χ1v) is 12.3. The van der Waals surface area contributed by atoms with Gasteiger partial charge in [-0.2, -0.15) is 0 Å². The molecule has 0 spiro atoms. The number of rotatable bonds is 15. The Balaban J connectivity index is 1.48. The number of unbranched alkanes of at least 4 members (excludes halogenated alkanes) is 4. The van der Waals surface area contributed by atoms with Crippen LogP contribution in [0.5, 0.6) is 5.75 Å². The Bertz CT molecular complexity index is 947. The molecule has 6 heteroatoms. The van der Waals surface area contributed by atoms with E-state index in [2.05, 4.69) is 21.9 Å². The molecule has 1 atom stereocenters. The summed E-state index contributed by atoms with van der Waals surface area (Å²) in [5, 5.41) is 0. The van der Waals surface area contributed by atoms with Crippen LogP contribution in [0.4, 0.5) is 4.39 Å². The summed E-state index contributed by atoms with van der Waals surface area (Å²) in [7, 11) is 1.69. The maximum atomic E-state index is 14.0. The van der Waals surface area contributed by atoms with Gasteiger partial charge in [-0.25, -0.2) is 14.4 Å². The van der Waals surface area contributed by atoms with Gasteiger partial charge in [0.1, 0.15) is 18.5 Å². The zero-order valence-corrected chi connectivity index (χ0v) is 20.4. The number of hydrogen-bond acceptors (Lipinski definition) is 5. The lowest BCUT2D eigenvalue weighted by atomic mass is 10.1. The Morgan fingerprint density at radius 1 is 0.824 bits per heavy atom. The number of nitrogens with zero attached hydrogens (tertiary/aromatic N) is 3. The van der Waals surface area contributed by atoms with Crippen molar-refractivity contribution in [3.8, 4) is 28.4 Å². The van der Waals surface area contributed by atoms with Gasteiger partial charge in [-0.05, 0) is 67.6 Å². The highest BCUT2D eigenvalue weighted by molar-refractivity contribution is 5.63. The van der Waals surface area contributed by atoms with Crippen LogP contribution in [0.1, 0.15) is 57.4 Å². The average molecular weight is 466 g/mol. The maximum Gasteiger partial charge on any atom is 0.160 e. The minimum absolute atomic E-state index is 0.0773. The Hall–Kier alpha value is -2.86. The van der Waals surface area contributed by atoms with Gasteiger partial charge in [-0.1, -0.05) is 32.6 Å². The first kappa shape index (κ1) is 25.8. The van der Waals surface area contributed by atoms with Crippen molar-refractivity contribution in [1.82, 2.24) is 15.0 Å². The van der Waals surface area contributed by atoms with Crippen molar-refractivity contribution < 1.29 is 13.9 Å². The fourth-order valence-electron chi connectivity index (χ4n) is 3.69. The lowest BCUT2D eigenvalue weighted by molar-refractivity contribution is 0.175. The van der Waals surface area contributed by atoms with E-state index in [0.717, 1.165) is 49.1 Å². The van der Waals surface area contributed by atoms with Crippen LogP contribution in [-0.4, -0.2) is 41.4 Å². The largest absolute Gasteiger partial charge is 0.491 e. The summed E-state index contributed by atoms with van der Waals surface area (Å²) in [6.45, 7) is 3.01. The van der Waals surface area contributed by atoms with Crippen LogP contribution >= 0.6 is 0 Å². The van der Waals surface area contributed by atoms with Crippen molar-refractivity contribution in [2.24, 2.45) is 0 Å². The van der Waals surface area contributed by atoms with Crippen LogP contribution in [0.2, 0.25) is 0 Å². The maximum absolute atomic E-state index is 14.0. The summed E-state index contributed by atoms with van der Waals surface area (Å²) < 4.78 is 24.7. The van der Waals surface area contributed by atoms with Gasteiger partial charge in [-0.3, -0.25) is 4.98 Å². The molecule has 0 aliphatic heterocycles. The summed E-state index contributed by atoms with van der Waals surface area (Å²) in [6.07, 6.45) is 12.6. The first-order chi connectivity index (χ1) is 16.7. The number of alkyl halides is 1. The minimum atomic E-state index is -0.955. The molecule has 0 N–H and O–H groups in total. The molecule has 0 aliphatic carbocycles. The second kappa shape index (κ2) is 14.4. The van der Waals surface area contributed by atoms with Crippen LogP contribution in [-0.2, 0) is 11.2 Å². The van der Waals surface area contributed by atoms with Crippen LogP contribution in [0.15, 0.2) is 55.0 Å². The van der Waals surface area contributed by atoms with E-state index in [1.54, 1.807) is 13.3 Å². The molecular weight excluding hydrogens is 429 g/mol. The van der Waals surface area contributed by atoms with E-state index < -0.39 is 6.17 Å². The number of aromatic nitrogens is 3. The molecule has 0 bridgehead atoms. The Morgan fingerprint density at radius 3 is 2.26 bits per heavy atom. The number of halogens is 1. The molecule has 0 fully saturated rings. The summed E-state index contributed by atoms with van der Waals surface area (Å²) in [4.78, 5) is 13.6. The quantitative estimate of drug-likeness (QED) is 0.229. The Morgan fingerprint density at radius 2 is 1.59 bits per heavy atom. The highest BCUT2D eigenvalue weighted by Gasteiger charge is 2.09. The molecule has 3 rings (SSSR count). The molecule has 1 aromatic carbocycles. The van der Waals surface area contributed by atoms with E-state index in [0.29, 0.717) is 18.0 Å². The zero-order chi connectivity index (χ0) is 24.0. The molecular formula is C28H36FN3O2. The molecule has 5 nitrogen and oxygen atoms in total. The molecule has 2 aromatic heterocycles. The zero-order valence-electron chi connectivity index (χ0n) is 20.4. The van der Waals surface area contributed by atoms with Crippen molar-refractivity contribution in [3.05, 3.63) is 60.6 Å². The van der Waals surface area contributed by atoms with Crippen LogP contribution in [0.25, 0.3) is 22.6 Å². The highest BCUT2D eigenvalue weighted by atomic mass is 19.1. The van der Waals surface area contributed by atoms with E-state index in [9.17, 15) is 4.39 Å². The predicted octanol–water partition coefficient (Wildman–Crippen LogP) is 6.86. The van der Waals surface area contributed by atoms with Crippen molar-refractivity contribution >= 4 is 0 Å². The van der Waals surface area contributed by atoms with Gasteiger partial charge in [0.05, 0.1) is 5.69 Å². The van der Waals surface area contributed by atoms with Crippen molar-refractivity contribution in [2.75, 3.05) is 20.3 Å². The summed E-state index contributed by atoms with van der Waals surface area (Å²) in [6, 6.07) is 11.5. The van der Waals surface area contributed by atoms with E-state index in [-0.39, 0.29) is 6.61 Å². The SMILES string of the molecule is CCCCCc1cnc(-c2ccc(-c3ccc(OCC(F)CCCCCOC)cc3)nc2)nc1. The smallest absolute Gasteiger partial charge is 0.160 e. The molecule has 0 amide bonds. The van der Waals surface area contributed by atoms with Gasteiger partial charge in [0.15, 0.2) is 5.82 Å². The summed E-state index contributed by atoms with van der Waals surface area (Å²) >= 11 is 0. The topological polar surface area (TPSA) is 57.1 Å². The number of aryl methyl sites for hydroxylation is 1. The highest BCUT2D eigenvalue weighted by Crippen LogP contribution is 2.23. The van der Waals surface area contributed by atoms with Crippen LogP contribution in [0.3, 0.4) is 0 Å². The Labute approximate surface area is 202 Å². The normalized spacial score (nSPS) is 12.0. The van der Waals surface area contributed by atoms with Crippen LogP contribution < -0.4 is 4.74 Å². The lowest BCUT2D eigenvalue weighted by Gasteiger charge is -2.11. The monoisotopic (exact) mass is 465 g/mol. The second-order valence-corrected chi connectivity index (χ2v) is 8.58. The fraction of sp³-hybridized carbons (Fsp3) is 0.464. The van der Waals surface area contributed by atoms with Gasteiger partial charge in [0.2, 0.25) is 0 Å². The van der Waals surface area contributed by atoms with E-state index in [1.165, 1.54) is 24.8 Å². The molecule has 0 aliphatic rings. The van der Waals surface area contributed by atoms with Crippen molar-refractivity contribution in [3.63, 3.8) is 0 Å². The van der Waals surface area contributed by atoms with Crippen molar-refractivity contribution in [2.45, 2.75) is 64.5 Å². The van der Waals surface area contributed by atoms with E-state index in [1.807, 2.05) is 48.8 Å². The molecule has 2 heterocycles. The lowest BCUT2D eigenvalue weighted by Crippen LogP contribution is -2.12. The number of hydrogen-bond donors (Lipinski definition) is 0. The van der Waals surface area contributed by atoms with E-state index in [4.69, 9.17) is 9.47 Å². The fourth-order valence-corrected chi connectivity index (χ4v) is 3.69. The molecule has 0 saturated heterocycles. The standard InChI is InChI=1S/C28H36FN3O2/c1-3-4-6-9-22-18-31-28(32-19-22)24-13-16-27(30-20-24)23-11-14-26(15-12-23)34-21-25(29)10-7-5-8-17-33-2/h11-16,18-20,25H,3-10,17,21H2,1-2H3. The first-order valence-electron chi connectivity index (χ1n) is 12.3. The molecule has 182 valence electrons. The summed E-state index contributed by atoms with van der Waals surface area (Å²) in [5.41, 5.74) is 3.89. The van der Waals surface area contributed by atoms with Crippen LogP contribution in [0, 0.1) is 0 Å². The molecule has 0 saturated carbocycles. The molecule has 3 aromatic rings. The number of benzene rings is 1. The second-order valence-electron chi connectivity index (χ2n) is 8.58. The minimum Gasteiger partial charge on any atom is -0.491 e. The van der Waals surface area contributed by atoms with Gasteiger partial charge in [0.25, 0.3) is 0 Å².